The molecule has 5 heteroatoms. The maximum Gasteiger partial charge on any atom is 0.163 e. The standard InChI is InChI=1S/C30H42F2N2S/c1-7-21-33(22-8-2)24(4)17-18-25-11-9-14-29(27-12-10-13-28(31)30(27)32)34(25)35(5,6)26-19-15-23(3)16-20-26/h10,12-13,15-16,19-20,25,29H,4-9,11,14,17-18,21-22H2,1-3H3/t25-,29+/m1/s1. The number of aryl methyl sites for hydroxylation is 1. The van der Waals surface area contributed by atoms with Crippen LogP contribution in [-0.4, -0.2) is 40.1 Å². The Morgan fingerprint density at radius 2 is 1.69 bits per heavy atom. The van der Waals surface area contributed by atoms with Gasteiger partial charge in [0, 0.05) is 41.3 Å². The van der Waals surface area contributed by atoms with Crippen LogP contribution in [0.5, 0.6) is 0 Å². The van der Waals surface area contributed by atoms with Gasteiger partial charge >= 0.3 is 0 Å². The van der Waals surface area contributed by atoms with Crippen molar-refractivity contribution in [3.8, 4) is 0 Å². The predicted octanol–water partition coefficient (Wildman–Crippen LogP) is 8.23. The van der Waals surface area contributed by atoms with E-state index in [1.807, 2.05) is 0 Å². The van der Waals surface area contributed by atoms with Gasteiger partial charge in [0.1, 0.15) is 0 Å². The predicted molar refractivity (Wildman–Crippen MR) is 150 cm³/mol. The molecular formula is C30H42F2N2S. The van der Waals surface area contributed by atoms with Crippen molar-refractivity contribution < 1.29 is 8.78 Å². The molecule has 0 spiro atoms. The van der Waals surface area contributed by atoms with E-state index in [4.69, 9.17) is 0 Å². The van der Waals surface area contributed by atoms with Crippen LogP contribution in [0.1, 0.15) is 76.0 Å². The molecule has 35 heavy (non-hydrogen) atoms. The molecule has 192 valence electrons. The first-order valence-corrected chi connectivity index (χ1v) is 14.8. The summed E-state index contributed by atoms with van der Waals surface area (Å²) in [6.07, 6.45) is 6.69. The van der Waals surface area contributed by atoms with E-state index < -0.39 is 21.0 Å². The molecule has 0 amide bonds. The van der Waals surface area contributed by atoms with E-state index in [0.717, 1.165) is 68.6 Å². The van der Waals surface area contributed by atoms with Gasteiger partial charge in [-0.1, -0.05) is 62.0 Å². The lowest BCUT2D eigenvalue weighted by molar-refractivity contribution is 0.180. The Labute approximate surface area is 212 Å². The summed E-state index contributed by atoms with van der Waals surface area (Å²) in [7, 11) is -1.94. The largest absolute Gasteiger partial charge is 0.375 e. The van der Waals surface area contributed by atoms with E-state index in [1.165, 1.54) is 11.6 Å². The zero-order valence-corrected chi connectivity index (χ0v) is 22.6. The van der Waals surface area contributed by atoms with E-state index in [1.54, 1.807) is 12.1 Å². The molecule has 1 fully saturated rings. The lowest BCUT2D eigenvalue weighted by Gasteiger charge is -2.47. The summed E-state index contributed by atoms with van der Waals surface area (Å²) in [5, 5.41) is 0. The lowest BCUT2D eigenvalue weighted by Crippen LogP contribution is -2.40. The van der Waals surface area contributed by atoms with Gasteiger partial charge in [-0.15, -0.1) is 9.39 Å². The van der Waals surface area contributed by atoms with Crippen LogP contribution in [0.25, 0.3) is 0 Å². The molecule has 0 unspecified atom stereocenters. The average molecular weight is 501 g/mol. The van der Waals surface area contributed by atoms with Crippen molar-refractivity contribution in [3.63, 3.8) is 0 Å². The van der Waals surface area contributed by atoms with Crippen LogP contribution in [0.4, 0.5) is 8.78 Å². The van der Waals surface area contributed by atoms with Crippen LogP contribution in [0.2, 0.25) is 0 Å². The Hall–Kier alpha value is -2.11. The summed E-state index contributed by atoms with van der Waals surface area (Å²) >= 11 is 0. The normalized spacial score (nSPS) is 19.0. The van der Waals surface area contributed by atoms with Gasteiger partial charge in [-0.25, -0.2) is 13.1 Å². The minimum Gasteiger partial charge on any atom is -0.375 e. The molecule has 0 saturated carbocycles. The van der Waals surface area contributed by atoms with Crippen LogP contribution in [0.3, 0.4) is 0 Å². The van der Waals surface area contributed by atoms with Crippen molar-refractivity contribution in [2.45, 2.75) is 82.7 Å². The molecule has 0 N–H and O–H groups in total. The van der Waals surface area contributed by atoms with Gasteiger partial charge in [-0.2, -0.15) is 0 Å². The first-order chi connectivity index (χ1) is 16.7. The fourth-order valence-corrected chi connectivity index (χ4v) is 7.67. The molecule has 1 heterocycles. The van der Waals surface area contributed by atoms with E-state index in [2.05, 4.69) is 72.6 Å². The molecule has 2 nitrogen and oxygen atoms in total. The van der Waals surface area contributed by atoms with Crippen LogP contribution in [0, 0.1) is 18.6 Å². The summed E-state index contributed by atoms with van der Waals surface area (Å²) in [4.78, 5) is 3.46. The molecular weight excluding hydrogens is 458 g/mol. The molecule has 0 aliphatic carbocycles. The SMILES string of the molecule is C=C(CC[C@H]1CCC[C@@H](c2cccc(F)c2F)N1S(=C)(=C)c1ccc(C)cc1)N(CCC)CCC. The molecule has 0 bridgehead atoms. The first-order valence-electron chi connectivity index (χ1n) is 12.9. The summed E-state index contributed by atoms with van der Waals surface area (Å²) in [5.41, 5.74) is 2.76. The Bertz CT molecular complexity index is 1090. The smallest absolute Gasteiger partial charge is 0.163 e. The third kappa shape index (κ3) is 6.37. The number of hydrogen-bond donors (Lipinski definition) is 0. The zero-order chi connectivity index (χ0) is 25.6. The van der Waals surface area contributed by atoms with Gasteiger partial charge in [-0.05, 0) is 70.1 Å². The number of piperidine rings is 1. The molecule has 1 aliphatic heterocycles. The summed E-state index contributed by atoms with van der Waals surface area (Å²) < 4.78 is 31.7. The van der Waals surface area contributed by atoms with Gasteiger partial charge in [0.05, 0.1) is 0 Å². The lowest BCUT2D eigenvalue weighted by atomic mass is 9.90. The highest BCUT2D eigenvalue weighted by molar-refractivity contribution is 8.25. The fraction of sp³-hybridized carbons (Fsp3) is 0.467. The average Bonchev–Trinajstić information content (AvgIpc) is 2.84. The van der Waals surface area contributed by atoms with Gasteiger partial charge in [0.25, 0.3) is 0 Å². The van der Waals surface area contributed by atoms with Gasteiger partial charge in [0.15, 0.2) is 11.6 Å². The first kappa shape index (κ1) is 27.5. The second-order valence-corrected chi connectivity index (χ2v) is 12.4. The molecule has 0 radical (unpaired) electrons. The minimum absolute atomic E-state index is 0.171. The fourth-order valence-electron chi connectivity index (χ4n) is 5.30. The second-order valence-electron chi connectivity index (χ2n) is 9.85. The van der Waals surface area contributed by atoms with Crippen LogP contribution < -0.4 is 0 Å². The quantitative estimate of drug-likeness (QED) is 0.287. The third-order valence-corrected chi connectivity index (χ3v) is 9.60. The molecule has 1 saturated heterocycles. The van der Waals surface area contributed by atoms with Crippen LogP contribution in [-0.2, 0) is 0 Å². The van der Waals surface area contributed by atoms with Gasteiger partial charge in [0.2, 0.25) is 0 Å². The molecule has 1 aliphatic rings. The maximum atomic E-state index is 15.1. The maximum absolute atomic E-state index is 15.1. The summed E-state index contributed by atoms with van der Waals surface area (Å²) in [5.74, 6) is 7.74. The third-order valence-electron chi connectivity index (χ3n) is 7.09. The van der Waals surface area contributed by atoms with Crippen molar-refractivity contribution in [2.75, 3.05) is 13.1 Å². The van der Waals surface area contributed by atoms with Crippen molar-refractivity contribution >= 4 is 21.1 Å². The highest BCUT2D eigenvalue weighted by atomic mass is 32.2. The van der Waals surface area contributed by atoms with Crippen molar-refractivity contribution in [1.29, 1.82) is 0 Å². The molecule has 2 atom stereocenters. The Balaban J connectivity index is 1.97. The molecule has 2 aromatic carbocycles. The Morgan fingerprint density at radius 3 is 2.31 bits per heavy atom. The topological polar surface area (TPSA) is 6.48 Å². The highest BCUT2D eigenvalue weighted by Gasteiger charge is 2.36. The second kappa shape index (κ2) is 12.2. The number of rotatable bonds is 11. The van der Waals surface area contributed by atoms with E-state index in [0.29, 0.717) is 5.56 Å². The molecule has 3 rings (SSSR count). The molecule has 2 aromatic rings. The van der Waals surface area contributed by atoms with Crippen LogP contribution in [0.15, 0.2) is 59.6 Å². The van der Waals surface area contributed by atoms with Crippen LogP contribution >= 0.6 is 9.39 Å². The van der Waals surface area contributed by atoms with Crippen molar-refractivity contribution in [2.24, 2.45) is 0 Å². The number of allylic oxidation sites excluding steroid dienone is 1. The summed E-state index contributed by atoms with van der Waals surface area (Å²) in [6, 6.07) is 12.8. The van der Waals surface area contributed by atoms with Gasteiger partial charge in [-0.3, -0.25) is 0 Å². The number of hydrogen-bond acceptors (Lipinski definition) is 2. The van der Waals surface area contributed by atoms with Crippen molar-refractivity contribution in [1.82, 2.24) is 9.21 Å². The van der Waals surface area contributed by atoms with Crippen molar-refractivity contribution in [3.05, 3.63) is 77.5 Å². The Kier molecular flexibility index (Phi) is 9.60. The number of halogens is 2. The molecule has 0 aromatic heterocycles. The monoisotopic (exact) mass is 500 g/mol. The minimum atomic E-state index is -1.94. The van der Waals surface area contributed by atoms with E-state index >= 15 is 4.39 Å². The number of benzene rings is 2. The van der Waals surface area contributed by atoms with E-state index in [9.17, 15) is 4.39 Å². The Morgan fingerprint density at radius 1 is 1.03 bits per heavy atom. The highest BCUT2D eigenvalue weighted by Crippen LogP contribution is 2.50. The number of nitrogens with zero attached hydrogens (tertiary/aromatic N) is 2. The van der Waals surface area contributed by atoms with Gasteiger partial charge < -0.3 is 4.90 Å². The summed E-state index contributed by atoms with van der Waals surface area (Å²) in [6.45, 7) is 12.9. The zero-order valence-electron chi connectivity index (χ0n) is 21.7. The van der Waals surface area contributed by atoms with E-state index in [-0.39, 0.29) is 12.1 Å².